The highest BCUT2D eigenvalue weighted by atomic mass is 32.2. The molecule has 0 radical (unpaired) electrons. The van der Waals surface area contributed by atoms with Crippen LogP contribution in [0.2, 0.25) is 0 Å². The van der Waals surface area contributed by atoms with Crippen LogP contribution in [-0.2, 0) is 4.79 Å². The first-order chi connectivity index (χ1) is 10.1. The molecule has 0 bridgehead atoms. The fourth-order valence-corrected chi connectivity index (χ4v) is 3.79. The van der Waals surface area contributed by atoms with Gasteiger partial charge >= 0.3 is 0 Å². The highest BCUT2D eigenvalue weighted by molar-refractivity contribution is 8.03. The van der Waals surface area contributed by atoms with Gasteiger partial charge in [-0.25, -0.2) is 0 Å². The van der Waals surface area contributed by atoms with Gasteiger partial charge in [-0.1, -0.05) is 47.0 Å². The van der Waals surface area contributed by atoms with Gasteiger partial charge in [0.25, 0.3) is 0 Å². The molecule has 1 N–H and O–H groups in total. The summed E-state index contributed by atoms with van der Waals surface area (Å²) in [6.07, 6.45) is 1.93. The number of benzene rings is 1. The van der Waals surface area contributed by atoms with Gasteiger partial charge in [-0.15, -0.1) is 10.2 Å². The normalized spacial score (nSPS) is 10.4. The Labute approximate surface area is 134 Å². The summed E-state index contributed by atoms with van der Waals surface area (Å²) in [5, 5.41) is 10.7. The predicted octanol–water partition coefficient (Wildman–Crippen LogP) is 3.19. The predicted molar refractivity (Wildman–Crippen MR) is 87.5 cm³/mol. The summed E-state index contributed by atoms with van der Waals surface area (Å²) >= 11 is 4.32. The zero-order valence-corrected chi connectivity index (χ0v) is 13.9. The smallest absolute Gasteiger partial charge is 0.234 e. The van der Waals surface area contributed by atoms with Gasteiger partial charge in [0.2, 0.25) is 5.91 Å². The van der Waals surface area contributed by atoms with Crippen molar-refractivity contribution in [3.05, 3.63) is 29.8 Å². The lowest BCUT2D eigenvalue weighted by atomic mass is 10.1. The molecule has 21 heavy (non-hydrogen) atoms. The molecule has 0 aliphatic rings. The van der Waals surface area contributed by atoms with Crippen molar-refractivity contribution < 1.29 is 9.59 Å². The molecule has 0 aliphatic carbocycles. The lowest BCUT2D eigenvalue weighted by Crippen LogP contribution is -2.16. The minimum absolute atomic E-state index is 0.0766. The summed E-state index contributed by atoms with van der Waals surface area (Å²) < 4.78 is 1.63. The van der Waals surface area contributed by atoms with E-state index in [0.717, 1.165) is 8.68 Å². The Bertz CT molecular complexity index is 658. The van der Waals surface area contributed by atoms with Crippen molar-refractivity contribution in [1.82, 2.24) is 10.2 Å². The van der Waals surface area contributed by atoms with Crippen LogP contribution in [0.1, 0.15) is 17.3 Å². The first kappa shape index (κ1) is 16.0. The number of amides is 1. The van der Waals surface area contributed by atoms with Crippen molar-refractivity contribution in [3.63, 3.8) is 0 Å². The monoisotopic (exact) mass is 339 g/mol. The van der Waals surface area contributed by atoms with Gasteiger partial charge in [0.05, 0.1) is 11.4 Å². The van der Waals surface area contributed by atoms with Crippen molar-refractivity contribution in [2.45, 2.75) is 15.6 Å². The van der Waals surface area contributed by atoms with Crippen LogP contribution in [-0.4, -0.2) is 33.9 Å². The van der Waals surface area contributed by atoms with Crippen molar-refractivity contribution >= 4 is 52.2 Å². The molecule has 1 heterocycles. The van der Waals surface area contributed by atoms with Gasteiger partial charge in [0.15, 0.2) is 14.5 Å². The number of carbonyl (C=O) groups is 2. The van der Waals surface area contributed by atoms with E-state index in [1.54, 1.807) is 24.3 Å². The number of thioether (sulfide) groups is 2. The van der Waals surface area contributed by atoms with Crippen LogP contribution in [0, 0.1) is 0 Å². The number of hydrogen-bond acceptors (Lipinski definition) is 7. The maximum atomic E-state index is 11.9. The second-order valence-corrected chi connectivity index (χ2v) is 7.23. The van der Waals surface area contributed by atoms with Crippen molar-refractivity contribution in [2.24, 2.45) is 0 Å². The van der Waals surface area contributed by atoms with Crippen LogP contribution in [0.15, 0.2) is 32.9 Å². The standard InChI is InChI=1S/C13H13N3O2S3/c1-8(17)9-5-3-4-6-10(9)14-11(18)7-20-13-16-15-12(19-2)21-13/h3-6H,7H2,1-2H3,(H,14,18). The number of Topliss-reactive ketones (excluding diaryl/α,β-unsaturated/α-hetero) is 1. The number of ketones is 1. The van der Waals surface area contributed by atoms with Crippen molar-refractivity contribution in [2.75, 3.05) is 17.3 Å². The molecule has 0 fully saturated rings. The minimum Gasteiger partial charge on any atom is -0.325 e. The number of hydrogen-bond donors (Lipinski definition) is 1. The zero-order chi connectivity index (χ0) is 15.2. The van der Waals surface area contributed by atoms with Crippen LogP contribution in [0.4, 0.5) is 5.69 Å². The molecule has 110 valence electrons. The van der Waals surface area contributed by atoms with Crippen LogP contribution in [0.5, 0.6) is 0 Å². The summed E-state index contributed by atoms with van der Waals surface area (Å²) in [4.78, 5) is 23.4. The Kier molecular flexibility index (Phi) is 5.77. The molecule has 2 aromatic rings. The van der Waals surface area contributed by atoms with E-state index in [2.05, 4.69) is 15.5 Å². The van der Waals surface area contributed by atoms with E-state index in [1.165, 1.54) is 41.8 Å². The first-order valence-corrected chi connectivity index (χ1v) is 9.03. The molecule has 0 saturated heterocycles. The number of anilines is 1. The SMILES string of the molecule is CSc1nnc(SCC(=O)Nc2ccccc2C(C)=O)s1. The number of rotatable bonds is 6. The molecule has 1 aromatic carbocycles. The lowest BCUT2D eigenvalue weighted by Gasteiger charge is -2.08. The summed E-state index contributed by atoms with van der Waals surface area (Å²) in [5.41, 5.74) is 1.05. The second-order valence-electron chi connectivity index (χ2n) is 3.98. The molecule has 0 aliphatic heterocycles. The van der Waals surface area contributed by atoms with Crippen LogP contribution < -0.4 is 5.32 Å². The maximum absolute atomic E-state index is 11.9. The van der Waals surface area contributed by atoms with E-state index in [-0.39, 0.29) is 17.4 Å². The molecule has 0 unspecified atom stereocenters. The van der Waals surface area contributed by atoms with Gasteiger partial charge in [-0.3, -0.25) is 9.59 Å². The molecule has 0 saturated carbocycles. The molecule has 5 nitrogen and oxygen atoms in total. The van der Waals surface area contributed by atoms with Crippen LogP contribution in [0.25, 0.3) is 0 Å². The molecular formula is C13H13N3O2S3. The van der Waals surface area contributed by atoms with Gasteiger partial charge in [-0.05, 0) is 25.3 Å². The number of para-hydroxylation sites is 1. The minimum atomic E-state index is -0.172. The molecule has 1 amide bonds. The van der Waals surface area contributed by atoms with Crippen molar-refractivity contribution in [3.8, 4) is 0 Å². The topological polar surface area (TPSA) is 72.0 Å². The van der Waals surface area contributed by atoms with Gasteiger partial charge in [0, 0.05) is 5.56 Å². The maximum Gasteiger partial charge on any atom is 0.234 e. The highest BCUT2D eigenvalue weighted by Crippen LogP contribution is 2.27. The molecule has 1 aromatic heterocycles. The van der Waals surface area contributed by atoms with E-state index in [9.17, 15) is 9.59 Å². The Hall–Kier alpha value is -1.38. The zero-order valence-electron chi connectivity index (χ0n) is 11.5. The van der Waals surface area contributed by atoms with Gasteiger partial charge < -0.3 is 5.32 Å². The highest BCUT2D eigenvalue weighted by Gasteiger charge is 2.11. The van der Waals surface area contributed by atoms with E-state index >= 15 is 0 Å². The molecular weight excluding hydrogens is 326 g/mol. The molecule has 2 rings (SSSR count). The number of nitrogens with one attached hydrogen (secondary N) is 1. The third kappa shape index (κ3) is 4.55. The summed E-state index contributed by atoms with van der Waals surface area (Å²) in [5.74, 6) is -0.0168. The third-order valence-electron chi connectivity index (χ3n) is 2.47. The van der Waals surface area contributed by atoms with Crippen molar-refractivity contribution in [1.29, 1.82) is 0 Å². The van der Waals surface area contributed by atoms with Crippen LogP contribution in [0.3, 0.4) is 0 Å². The number of aromatic nitrogens is 2. The van der Waals surface area contributed by atoms with E-state index in [0.29, 0.717) is 11.3 Å². The average Bonchev–Trinajstić information content (AvgIpc) is 2.93. The molecule has 0 atom stereocenters. The summed E-state index contributed by atoms with van der Waals surface area (Å²) in [6, 6.07) is 6.97. The third-order valence-corrected chi connectivity index (χ3v) is 5.50. The number of carbonyl (C=O) groups excluding carboxylic acids is 2. The second kappa shape index (κ2) is 7.58. The quantitative estimate of drug-likeness (QED) is 0.644. The average molecular weight is 339 g/mol. The fourth-order valence-electron chi connectivity index (χ4n) is 1.55. The summed E-state index contributed by atoms with van der Waals surface area (Å²) in [7, 11) is 0. The Morgan fingerprint density at radius 3 is 2.62 bits per heavy atom. The Morgan fingerprint density at radius 2 is 1.95 bits per heavy atom. The summed E-state index contributed by atoms with van der Waals surface area (Å²) in [6.45, 7) is 1.48. The van der Waals surface area contributed by atoms with E-state index < -0.39 is 0 Å². The molecule has 8 heteroatoms. The Balaban J connectivity index is 1.94. The Morgan fingerprint density at radius 1 is 1.24 bits per heavy atom. The van der Waals surface area contributed by atoms with E-state index in [4.69, 9.17) is 0 Å². The fraction of sp³-hybridized carbons (Fsp3) is 0.231. The lowest BCUT2D eigenvalue weighted by molar-refractivity contribution is -0.113. The largest absolute Gasteiger partial charge is 0.325 e. The van der Waals surface area contributed by atoms with E-state index in [1.807, 2.05) is 6.26 Å². The van der Waals surface area contributed by atoms with Gasteiger partial charge in [-0.2, -0.15) is 0 Å². The van der Waals surface area contributed by atoms with Crippen LogP contribution >= 0.6 is 34.9 Å². The first-order valence-electron chi connectivity index (χ1n) is 6.00. The van der Waals surface area contributed by atoms with Gasteiger partial charge in [0.1, 0.15) is 0 Å². The number of nitrogens with zero attached hydrogens (tertiary/aromatic N) is 2. The molecule has 0 spiro atoms.